The maximum atomic E-state index is 13.3. The van der Waals surface area contributed by atoms with Crippen molar-refractivity contribution in [2.75, 3.05) is 24.5 Å². The number of fused-ring (bicyclic) bond motifs is 1. The fourth-order valence-electron chi connectivity index (χ4n) is 5.87. The van der Waals surface area contributed by atoms with E-state index in [1.165, 1.54) is 0 Å². The SMILES string of the molecule is O=C1NCCN1c1ccc(CC(=O)N2CC[C@@](O)(c3ccccc3)[C@@H]3CCCC[C@@H]32)cc1. The monoisotopic (exact) mass is 433 g/mol. The number of nitrogens with one attached hydrogen (secondary N) is 1. The van der Waals surface area contributed by atoms with Crippen LogP contribution in [0.25, 0.3) is 0 Å². The van der Waals surface area contributed by atoms with Gasteiger partial charge in [-0.05, 0) is 42.5 Å². The quantitative estimate of drug-likeness (QED) is 0.776. The molecule has 0 bridgehead atoms. The van der Waals surface area contributed by atoms with Crippen LogP contribution in [0.4, 0.5) is 10.5 Å². The summed E-state index contributed by atoms with van der Waals surface area (Å²) in [6.07, 6.45) is 5.03. The van der Waals surface area contributed by atoms with E-state index in [1.54, 1.807) is 4.90 Å². The van der Waals surface area contributed by atoms with Crippen molar-refractivity contribution >= 4 is 17.6 Å². The number of amides is 3. The summed E-state index contributed by atoms with van der Waals surface area (Å²) in [6, 6.07) is 17.7. The minimum Gasteiger partial charge on any atom is -0.385 e. The van der Waals surface area contributed by atoms with Gasteiger partial charge in [-0.25, -0.2) is 4.79 Å². The zero-order valence-electron chi connectivity index (χ0n) is 18.4. The third-order valence-corrected chi connectivity index (χ3v) is 7.53. The fourth-order valence-corrected chi connectivity index (χ4v) is 5.87. The van der Waals surface area contributed by atoms with Gasteiger partial charge in [0, 0.05) is 37.3 Å². The average molecular weight is 434 g/mol. The zero-order valence-corrected chi connectivity index (χ0v) is 18.4. The Kier molecular flexibility index (Phi) is 5.64. The van der Waals surface area contributed by atoms with Crippen molar-refractivity contribution in [2.24, 2.45) is 5.92 Å². The van der Waals surface area contributed by atoms with Gasteiger partial charge in [0.25, 0.3) is 0 Å². The van der Waals surface area contributed by atoms with Crippen molar-refractivity contribution in [3.8, 4) is 0 Å². The van der Waals surface area contributed by atoms with Crippen LogP contribution in [0.1, 0.15) is 43.2 Å². The molecule has 5 rings (SSSR count). The molecule has 3 atom stereocenters. The molecule has 0 spiro atoms. The van der Waals surface area contributed by atoms with E-state index >= 15 is 0 Å². The Morgan fingerprint density at radius 3 is 2.50 bits per heavy atom. The predicted molar refractivity (Wildman–Crippen MR) is 123 cm³/mol. The van der Waals surface area contributed by atoms with E-state index in [0.717, 1.165) is 42.5 Å². The highest BCUT2D eigenvalue weighted by Crippen LogP contribution is 2.47. The Balaban J connectivity index is 1.31. The molecule has 6 nitrogen and oxygen atoms in total. The van der Waals surface area contributed by atoms with E-state index in [4.69, 9.17) is 0 Å². The molecule has 3 aliphatic rings. The van der Waals surface area contributed by atoms with Gasteiger partial charge in [-0.2, -0.15) is 0 Å². The molecule has 3 amide bonds. The molecule has 0 radical (unpaired) electrons. The van der Waals surface area contributed by atoms with Crippen LogP contribution >= 0.6 is 0 Å². The van der Waals surface area contributed by atoms with E-state index in [-0.39, 0.29) is 23.9 Å². The summed E-state index contributed by atoms with van der Waals surface area (Å²) in [4.78, 5) is 28.9. The van der Waals surface area contributed by atoms with Gasteiger partial charge in [0.1, 0.15) is 0 Å². The second-order valence-corrected chi connectivity index (χ2v) is 9.31. The van der Waals surface area contributed by atoms with Crippen molar-refractivity contribution < 1.29 is 14.7 Å². The molecule has 2 heterocycles. The van der Waals surface area contributed by atoms with Gasteiger partial charge in [0.05, 0.1) is 12.0 Å². The first-order chi connectivity index (χ1) is 15.6. The van der Waals surface area contributed by atoms with Crippen LogP contribution in [0.15, 0.2) is 54.6 Å². The minimum atomic E-state index is -0.860. The second-order valence-electron chi connectivity index (χ2n) is 9.31. The molecule has 1 aliphatic carbocycles. The van der Waals surface area contributed by atoms with Gasteiger partial charge in [-0.15, -0.1) is 0 Å². The second kappa shape index (κ2) is 8.58. The summed E-state index contributed by atoms with van der Waals surface area (Å²) in [6.45, 7) is 1.90. The first-order valence-electron chi connectivity index (χ1n) is 11.8. The van der Waals surface area contributed by atoms with Crippen LogP contribution < -0.4 is 10.2 Å². The highest BCUT2D eigenvalue weighted by atomic mass is 16.3. The van der Waals surface area contributed by atoms with Crippen molar-refractivity contribution in [1.82, 2.24) is 10.2 Å². The lowest BCUT2D eigenvalue weighted by Gasteiger charge is -2.52. The number of carbonyl (C=O) groups excluding carboxylic acids is 2. The average Bonchev–Trinajstić information content (AvgIpc) is 3.26. The van der Waals surface area contributed by atoms with Crippen LogP contribution in [0, 0.1) is 5.92 Å². The summed E-state index contributed by atoms with van der Waals surface area (Å²) in [7, 11) is 0. The largest absolute Gasteiger partial charge is 0.385 e. The lowest BCUT2D eigenvalue weighted by Crippen LogP contribution is -2.59. The molecule has 2 N–H and O–H groups in total. The fraction of sp³-hybridized carbons (Fsp3) is 0.462. The van der Waals surface area contributed by atoms with Gasteiger partial charge in [0.15, 0.2) is 0 Å². The summed E-state index contributed by atoms with van der Waals surface area (Å²) in [5.74, 6) is 0.205. The summed E-state index contributed by atoms with van der Waals surface area (Å²) in [5.41, 5.74) is 1.93. The van der Waals surface area contributed by atoms with E-state index in [0.29, 0.717) is 32.5 Å². The standard InChI is InChI=1S/C26H31N3O3/c30-24(18-19-10-12-21(13-11-19)28-17-15-27-25(28)31)29-16-14-26(32,20-6-2-1-3-7-20)22-8-4-5-9-23(22)29/h1-3,6-7,10-13,22-23,32H,4-5,8-9,14-18H2,(H,27,31)/t22-,23+,26-/m1/s1. The number of piperidine rings is 1. The first kappa shape index (κ1) is 21.0. The molecule has 32 heavy (non-hydrogen) atoms. The Bertz CT molecular complexity index is 978. The molecule has 2 aromatic rings. The zero-order chi connectivity index (χ0) is 22.1. The number of hydrogen-bond acceptors (Lipinski definition) is 3. The highest BCUT2D eigenvalue weighted by Gasteiger charge is 2.50. The third kappa shape index (κ3) is 3.77. The summed E-state index contributed by atoms with van der Waals surface area (Å²) < 4.78 is 0. The van der Waals surface area contributed by atoms with E-state index in [1.807, 2.05) is 59.5 Å². The molecule has 168 valence electrons. The van der Waals surface area contributed by atoms with Gasteiger partial charge >= 0.3 is 6.03 Å². The molecular formula is C26H31N3O3. The Morgan fingerprint density at radius 1 is 1.03 bits per heavy atom. The Morgan fingerprint density at radius 2 is 1.78 bits per heavy atom. The lowest BCUT2D eigenvalue weighted by molar-refractivity contribution is -0.154. The number of hydrogen-bond donors (Lipinski definition) is 2. The normalized spacial score (nSPS) is 27.7. The third-order valence-electron chi connectivity index (χ3n) is 7.53. The number of nitrogens with zero attached hydrogens (tertiary/aromatic N) is 2. The Hall–Kier alpha value is -2.86. The van der Waals surface area contributed by atoms with E-state index < -0.39 is 5.60 Å². The maximum Gasteiger partial charge on any atom is 0.321 e. The number of benzene rings is 2. The molecular weight excluding hydrogens is 402 g/mol. The van der Waals surface area contributed by atoms with E-state index in [2.05, 4.69) is 5.32 Å². The van der Waals surface area contributed by atoms with Crippen molar-refractivity contribution in [2.45, 2.75) is 50.2 Å². The summed E-state index contributed by atoms with van der Waals surface area (Å²) >= 11 is 0. The number of urea groups is 1. The number of aliphatic hydroxyl groups is 1. The molecule has 2 aromatic carbocycles. The number of likely N-dealkylation sites (tertiary alicyclic amines) is 1. The van der Waals surface area contributed by atoms with Crippen molar-refractivity contribution in [3.05, 3.63) is 65.7 Å². The topological polar surface area (TPSA) is 72.9 Å². The molecule has 2 aliphatic heterocycles. The molecule has 0 aromatic heterocycles. The van der Waals surface area contributed by atoms with Gasteiger partial charge in [-0.3, -0.25) is 9.69 Å². The predicted octanol–water partition coefficient (Wildman–Crippen LogP) is 3.44. The molecule has 1 saturated carbocycles. The lowest BCUT2D eigenvalue weighted by atomic mass is 9.66. The van der Waals surface area contributed by atoms with Crippen LogP contribution in [-0.2, 0) is 16.8 Å². The van der Waals surface area contributed by atoms with Crippen molar-refractivity contribution in [1.29, 1.82) is 0 Å². The molecule has 6 heteroatoms. The van der Waals surface area contributed by atoms with Gasteiger partial charge < -0.3 is 15.3 Å². The number of rotatable bonds is 4. The molecule has 3 fully saturated rings. The van der Waals surface area contributed by atoms with Gasteiger partial charge in [-0.1, -0.05) is 55.3 Å². The van der Waals surface area contributed by atoms with Gasteiger partial charge in [0.2, 0.25) is 5.91 Å². The number of anilines is 1. The first-order valence-corrected chi connectivity index (χ1v) is 11.8. The molecule has 0 unspecified atom stereocenters. The highest BCUT2D eigenvalue weighted by molar-refractivity contribution is 5.94. The number of carbonyl (C=O) groups is 2. The Labute approximate surface area is 189 Å². The minimum absolute atomic E-state index is 0.0728. The van der Waals surface area contributed by atoms with E-state index in [9.17, 15) is 14.7 Å². The van der Waals surface area contributed by atoms with Crippen LogP contribution in [0.3, 0.4) is 0 Å². The maximum absolute atomic E-state index is 13.3. The van der Waals surface area contributed by atoms with Crippen LogP contribution in [-0.4, -0.2) is 47.6 Å². The van der Waals surface area contributed by atoms with Crippen molar-refractivity contribution in [3.63, 3.8) is 0 Å². The van der Waals surface area contributed by atoms with Crippen LogP contribution in [0.5, 0.6) is 0 Å². The van der Waals surface area contributed by atoms with Crippen LogP contribution in [0.2, 0.25) is 0 Å². The molecule has 2 saturated heterocycles. The smallest absolute Gasteiger partial charge is 0.321 e. The summed E-state index contributed by atoms with van der Waals surface area (Å²) in [5, 5.41) is 14.5.